The summed E-state index contributed by atoms with van der Waals surface area (Å²) in [5, 5.41) is 8.89. The molecular weight excluding hydrogens is 283 g/mol. The van der Waals surface area contributed by atoms with Gasteiger partial charge in [-0.25, -0.2) is 4.79 Å². The van der Waals surface area contributed by atoms with Crippen molar-refractivity contribution in [3.63, 3.8) is 0 Å². The van der Waals surface area contributed by atoms with Crippen molar-refractivity contribution in [3.8, 4) is 6.07 Å². The lowest BCUT2D eigenvalue weighted by Crippen LogP contribution is -2.10. The van der Waals surface area contributed by atoms with Gasteiger partial charge in [0.05, 0.1) is 18.2 Å². The number of halogens is 3. The van der Waals surface area contributed by atoms with Crippen molar-refractivity contribution in [3.05, 3.63) is 28.8 Å². The lowest BCUT2D eigenvalue weighted by molar-refractivity contribution is -0.0328. The minimum absolute atomic E-state index is 0.172. The van der Waals surface area contributed by atoms with Gasteiger partial charge in [0, 0.05) is 10.5 Å². The summed E-state index contributed by atoms with van der Waals surface area (Å²) in [6.07, 6.45) is 0.285. The smallest absolute Gasteiger partial charge is 0.446 e. The summed E-state index contributed by atoms with van der Waals surface area (Å²) < 4.78 is 41.4. The molecule has 8 heteroatoms. The van der Waals surface area contributed by atoms with E-state index in [1.807, 2.05) is 0 Å². The Morgan fingerprint density at radius 3 is 2.53 bits per heavy atom. The van der Waals surface area contributed by atoms with Gasteiger partial charge in [0.2, 0.25) is 0 Å². The maximum absolute atomic E-state index is 12.4. The zero-order valence-electron chi connectivity index (χ0n) is 9.45. The molecule has 0 saturated carbocycles. The number of hydrogen-bond acceptors (Lipinski definition) is 5. The highest BCUT2D eigenvalue weighted by Gasteiger charge is 2.33. The molecule has 0 spiro atoms. The largest absolute Gasteiger partial charge is 0.465 e. The van der Waals surface area contributed by atoms with Crippen molar-refractivity contribution < 1.29 is 27.5 Å². The number of carbonyl (C=O) groups is 2. The van der Waals surface area contributed by atoms with Crippen LogP contribution in [0.3, 0.4) is 0 Å². The number of aldehydes is 1. The van der Waals surface area contributed by atoms with Gasteiger partial charge in [0.25, 0.3) is 0 Å². The number of benzene rings is 1. The Hall–Kier alpha value is -2.01. The number of esters is 1. The first-order chi connectivity index (χ1) is 8.84. The van der Waals surface area contributed by atoms with Gasteiger partial charge < -0.3 is 4.74 Å². The van der Waals surface area contributed by atoms with Crippen LogP contribution in [0.5, 0.6) is 0 Å². The summed E-state index contributed by atoms with van der Waals surface area (Å²) in [6.45, 7) is 0. The van der Waals surface area contributed by atoms with Crippen LogP contribution in [0, 0.1) is 11.3 Å². The summed E-state index contributed by atoms with van der Waals surface area (Å²) in [5.41, 5.74) is -5.79. The van der Waals surface area contributed by atoms with Crippen LogP contribution in [0.2, 0.25) is 0 Å². The molecule has 1 aromatic rings. The van der Waals surface area contributed by atoms with E-state index in [2.05, 4.69) is 4.74 Å². The van der Waals surface area contributed by atoms with Crippen molar-refractivity contribution >= 4 is 24.0 Å². The molecule has 1 rings (SSSR count). The fourth-order valence-electron chi connectivity index (χ4n) is 1.33. The molecule has 0 radical (unpaired) electrons. The topological polar surface area (TPSA) is 67.2 Å². The van der Waals surface area contributed by atoms with E-state index >= 15 is 0 Å². The first-order valence-electron chi connectivity index (χ1n) is 4.70. The highest BCUT2D eigenvalue weighted by atomic mass is 32.2. The van der Waals surface area contributed by atoms with Gasteiger partial charge in [-0.2, -0.15) is 18.4 Å². The Morgan fingerprint density at radius 2 is 2.11 bits per heavy atom. The van der Waals surface area contributed by atoms with Gasteiger partial charge >= 0.3 is 11.5 Å². The fraction of sp³-hybridized carbons (Fsp3) is 0.182. The average molecular weight is 289 g/mol. The predicted octanol–water partition coefficient (Wildman–Crippen LogP) is 2.77. The highest BCUT2D eigenvalue weighted by Crippen LogP contribution is 2.40. The van der Waals surface area contributed by atoms with Crippen LogP contribution in [0.4, 0.5) is 13.2 Å². The third-order valence-electron chi connectivity index (χ3n) is 2.05. The van der Waals surface area contributed by atoms with Gasteiger partial charge in [-0.1, -0.05) is 0 Å². The molecule has 0 heterocycles. The molecule has 4 nitrogen and oxygen atoms in total. The maximum atomic E-state index is 12.4. The van der Waals surface area contributed by atoms with E-state index in [0.29, 0.717) is 0 Å². The summed E-state index contributed by atoms with van der Waals surface area (Å²) in [7, 11) is 0.971. The quantitative estimate of drug-likeness (QED) is 0.486. The second-order valence-corrected chi connectivity index (χ2v) is 4.28. The standard InChI is InChI=1S/C11H6F3NO3S/c1-18-10(17)9-7(4-15)6(5-16)2-3-8(9)19-11(12,13)14/h2-3,5H,1H3. The van der Waals surface area contributed by atoms with Gasteiger partial charge in [-0.05, 0) is 23.9 Å². The van der Waals surface area contributed by atoms with Crippen LogP contribution in [0.1, 0.15) is 26.3 Å². The zero-order valence-corrected chi connectivity index (χ0v) is 10.3. The molecule has 0 bridgehead atoms. The molecule has 0 aliphatic heterocycles. The van der Waals surface area contributed by atoms with Crippen molar-refractivity contribution in [1.82, 2.24) is 0 Å². The third-order valence-corrected chi connectivity index (χ3v) is 2.84. The fourth-order valence-corrected chi connectivity index (χ4v) is 2.01. The summed E-state index contributed by atoms with van der Waals surface area (Å²) in [6, 6.07) is 3.54. The van der Waals surface area contributed by atoms with E-state index < -0.39 is 39.3 Å². The number of methoxy groups -OCH3 is 1. The molecule has 0 amide bonds. The average Bonchev–Trinajstić information content (AvgIpc) is 2.35. The van der Waals surface area contributed by atoms with E-state index in [1.54, 1.807) is 6.07 Å². The Bertz CT molecular complexity index is 564. The number of hydrogen-bond donors (Lipinski definition) is 0. The molecule has 0 saturated heterocycles. The Balaban J connectivity index is 3.52. The lowest BCUT2D eigenvalue weighted by atomic mass is 10.0. The van der Waals surface area contributed by atoms with E-state index in [9.17, 15) is 22.8 Å². The molecular formula is C11H6F3NO3S. The normalized spacial score (nSPS) is 10.7. The number of nitriles is 1. The van der Waals surface area contributed by atoms with Crippen LogP contribution in [-0.2, 0) is 4.74 Å². The van der Waals surface area contributed by atoms with Gasteiger partial charge in [0.15, 0.2) is 6.29 Å². The Morgan fingerprint density at radius 1 is 1.47 bits per heavy atom. The molecule has 0 aliphatic carbocycles. The van der Waals surface area contributed by atoms with Gasteiger partial charge in [-0.3, -0.25) is 4.79 Å². The minimum Gasteiger partial charge on any atom is -0.465 e. The van der Waals surface area contributed by atoms with Crippen LogP contribution in [-0.4, -0.2) is 24.9 Å². The summed E-state index contributed by atoms with van der Waals surface area (Å²) in [5.74, 6) is -1.10. The second kappa shape index (κ2) is 5.75. The summed E-state index contributed by atoms with van der Waals surface area (Å²) in [4.78, 5) is 21.7. The predicted molar refractivity (Wildman–Crippen MR) is 59.8 cm³/mol. The Labute approximate surface area is 110 Å². The number of carbonyl (C=O) groups excluding carboxylic acids is 2. The SMILES string of the molecule is COC(=O)c1c(SC(F)(F)F)ccc(C=O)c1C#N. The summed E-state index contributed by atoms with van der Waals surface area (Å²) >= 11 is -0.548. The molecule has 0 unspecified atom stereocenters. The second-order valence-electron chi connectivity index (χ2n) is 3.17. The number of alkyl halides is 3. The maximum Gasteiger partial charge on any atom is 0.446 e. The van der Waals surface area contributed by atoms with Gasteiger partial charge in [-0.15, -0.1) is 0 Å². The van der Waals surface area contributed by atoms with Crippen LogP contribution in [0.25, 0.3) is 0 Å². The molecule has 0 aromatic heterocycles. The monoisotopic (exact) mass is 289 g/mol. The molecule has 19 heavy (non-hydrogen) atoms. The first kappa shape index (κ1) is 15.0. The van der Waals surface area contributed by atoms with E-state index in [-0.39, 0.29) is 11.8 Å². The van der Waals surface area contributed by atoms with E-state index in [4.69, 9.17) is 5.26 Å². The molecule has 0 atom stereocenters. The molecule has 0 fully saturated rings. The third kappa shape index (κ3) is 3.48. The number of rotatable bonds is 3. The number of ether oxygens (including phenoxy) is 1. The molecule has 1 aromatic carbocycles. The number of thioether (sulfide) groups is 1. The first-order valence-corrected chi connectivity index (χ1v) is 5.52. The van der Waals surface area contributed by atoms with Crippen LogP contribution >= 0.6 is 11.8 Å². The van der Waals surface area contributed by atoms with Gasteiger partial charge in [0.1, 0.15) is 6.07 Å². The van der Waals surface area contributed by atoms with Crippen LogP contribution < -0.4 is 0 Å². The van der Waals surface area contributed by atoms with Crippen LogP contribution in [0.15, 0.2) is 17.0 Å². The van der Waals surface area contributed by atoms with E-state index in [0.717, 1.165) is 19.2 Å². The van der Waals surface area contributed by atoms with Crippen molar-refractivity contribution in [2.45, 2.75) is 10.4 Å². The zero-order chi connectivity index (χ0) is 14.6. The molecule has 0 N–H and O–H groups in total. The minimum atomic E-state index is -4.63. The highest BCUT2D eigenvalue weighted by molar-refractivity contribution is 8.00. The molecule has 100 valence electrons. The molecule has 0 aliphatic rings. The Kier molecular flexibility index (Phi) is 4.56. The van der Waals surface area contributed by atoms with Crippen molar-refractivity contribution in [2.24, 2.45) is 0 Å². The van der Waals surface area contributed by atoms with E-state index in [1.165, 1.54) is 0 Å². The van der Waals surface area contributed by atoms with Crippen molar-refractivity contribution in [2.75, 3.05) is 7.11 Å². The lowest BCUT2D eigenvalue weighted by Gasteiger charge is -2.12. The number of nitrogens with zero attached hydrogens (tertiary/aromatic N) is 1. The van der Waals surface area contributed by atoms with Crippen molar-refractivity contribution in [1.29, 1.82) is 5.26 Å².